The smallest absolute Gasteiger partial charge is 0.0443 e. The summed E-state index contributed by atoms with van der Waals surface area (Å²) in [5.74, 6) is 0. The van der Waals surface area contributed by atoms with Crippen molar-refractivity contribution in [1.29, 1.82) is 0 Å². The number of aliphatic hydroxyl groups excluding tert-OH is 1. The molecule has 0 fully saturated rings. The van der Waals surface area contributed by atoms with Crippen molar-refractivity contribution in [3.63, 3.8) is 0 Å². The number of hydrogen-bond donors (Lipinski definition) is 2. The first-order chi connectivity index (χ1) is 7.66. The van der Waals surface area contributed by atoms with Gasteiger partial charge in [-0.25, -0.2) is 0 Å². The second kappa shape index (κ2) is 6.51. The number of aliphatic hydroxyl groups is 1. The van der Waals surface area contributed by atoms with Gasteiger partial charge in [-0.15, -0.1) is 0 Å². The Hall–Kier alpha value is -1.06. The Bertz CT molecular complexity index is 313. The van der Waals surface area contributed by atoms with Gasteiger partial charge in [0.1, 0.15) is 0 Å². The third kappa shape index (κ3) is 3.51. The van der Waals surface area contributed by atoms with E-state index < -0.39 is 0 Å². The van der Waals surface area contributed by atoms with Crippen LogP contribution >= 0.6 is 0 Å². The average Bonchev–Trinajstić information content (AvgIpc) is 2.29. The second-order valence-electron chi connectivity index (χ2n) is 4.21. The highest BCUT2D eigenvalue weighted by molar-refractivity contribution is 5.53. The Morgan fingerprint density at radius 1 is 1.31 bits per heavy atom. The predicted molar refractivity (Wildman–Crippen MR) is 68.9 cm³/mol. The minimum Gasteiger partial charge on any atom is -0.396 e. The molecule has 0 radical (unpaired) electrons. The monoisotopic (exact) mass is 222 g/mol. The molecule has 1 atom stereocenters. The molecule has 16 heavy (non-hydrogen) atoms. The van der Waals surface area contributed by atoms with Gasteiger partial charge in [-0.3, -0.25) is 0 Å². The Labute approximate surface area is 98.1 Å². The zero-order chi connectivity index (χ0) is 12.0. The molecule has 0 aromatic heterocycles. The fraction of sp³-hybridized carbons (Fsp3) is 0.538. The van der Waals surface area contributed by atoms with Crippen molar-refractivity contribution in [3.8, 4) is 0 Å². The first kappa shape index (κ1) is 13.0. The SMILES string of the molecule is CC(NCCCO)c1ccccc1N(C)C. The summed E-state index contributed by atoms with van der Waals surface area (Å²) in [4.78, 5) is 2.12. The molecule has 0 aliphatic rings. The van der Waals surface area contributed by atoms with E-state index in [1.807, 2.05) is 0 Å². The first-order valence-electron chi connectivity index (χ1n) is 5.77. The van der Waals surface area contributed by atoms with Crippen molar-refractivity contribution in [2.24, 2.45) is 0 Å². The van der Waals surface area contributed by atoms with Gasteiger partial charge in [0.25, 0.3) is 0 Å². The summed E-state index contributed by atoms with van der Waals surface area (Å²) >= 11 is 0. The second-order valence-corrected chi connectivity index (χ2v) is 4.21. The lowest BCUT2D eigenvalue weighted by atomic mass is 10.1. The topological polar surface area (TPSA) is 35.5 Å². The molecule has 1 unspecified atom stereocenters. The molecule has 0 saturated heterocycles. The van der Waals surface area contributed by atoms with E-state index in [4.69, 9.17) is 5.11 Å². The van der Waals surface area contributed by atoms with E-state index in [2.05, 4.69) is 55.5 Å². The highest BCUT2D eigenvalue weighted by Crippen LogP contribution is 2.24. The van der Waals surface area contributed by atoms with E-state index in [0.717, 1.165) is 13.0 Å². The highest BCUT2D eigenvalue weighted by Gasteiger charge is 2.10. The minimum atomic E-state index is 0.245. The molecule has 0 bridgehead atoms. The van der Waals surface area contributed by atoms with Crippen molar-refractivity contribution in [3.05, 3.63) is 29.8 Å². The third-order valence-corrected chi connectivity index (χ3v) is 2.67. The molecular formula is C13H22N2O. The number of nitrogens with zero attached hydrogens (tertiary/aromatic N) is 1. The van der Waals surface area contributed by atoms with Crippen molar-refractivity contribution < 1.29 is 5.11 Å². The number of benzene rings is 1. The van der Waals surface area contributed by atoms with E-state index in [-0.39, 0.29) is 6.61 Å². The Morgan fingerprint density at radius 3 is 2.62 bits per heavy atom. The zero-order valence-electron chi connectivity index (χ0n) is 10.4. The Balaban J connectivity index is 2.70. The summed E-state index contributed by atoms with van der Waals surface area (Å²) in [5.41, 5.74) is 2.54. The average molecular weight is 222 g/mol. The van der Waals surface area contributed by atoms with Crippen LogP contribution in [0.5, 0.6) is 0 Å². The molecule has 0 spiro atoms. The minimum absolute atomic E-state index is 0.245. The lowest BCUT2D eigenvalue weighted by Crippen LogP contribution is -2.23. The van der Waals surface area contributed by atoms with Gasteiger partial charge < -0.3 is 15.3 Å². The number of rotatable bonds is 6. The summed E-state index contributed by atoms with van der Waals surface area (Å²) < 4.78 is 0. The fourth-order valence-electron chi connectivity index (χ4n) is 1.77. The highest BCUT2D eigenvalue weighted by atomic mass is 16.3. The molecule has 2 N–H and O–H groups in total. The molecule has 1 aromatic carbocycles. The molecule has 3 nitrogen and oxygen atoms in total. The van der Waals surface area contributed by atoms with Crippen LogP contribution in [0.15, 0.2) is 24.3 Å². The van der Waals surface area contributed by atoms with Gasteiger partial charge in [-0.2, -0.15) is 0 Å². The molecule has 0 saturated carbocycles. The van der Waals surface area contributed by atoms with E-state index in [1.54, 1.807) is 0 Å². The maximum absolute atomic E-state index is 8.74. The molecule has 0 amide bonds. The predicted octanol–water partition coefficient (Wildman–Crippen LogP) is 1.79. The lowest BCUT2D eigenvalue weighted by Gasteiger charge is -2.22. The van der Waals surface area contributed by atoms with Crippen LogP contribution in [0.3, 0.4) is 0 Å². The summed E-state index contributed by atoms with van der Waals surface area (Å²) in [6, 6.07) is 8.70. The third-order valence-electron chi connectivity index (χ3n) is 2.67. The Kier molecular flexibility index (Phi) is 5.29. The van der Waals surface area contributed by atoms with E-state index in [0.29, 0.717) is 6.04 Å². The summed E-state index contributed by atoms with van der Waals surface area (Å²) in [6.45, 7) is 3.24. The van der Waals surface area contributed by atoms with Gasteiger partial charge >= 0.3 is 0 Å². The molecule has 90 valence electrons. The molecule has 1 rings (SSSR count). The van der Waals surface area contributed by atoms with Gasteiger partial charge in [0, 0.05) is 32.4 Å². The van der Waals surface area contributed by atoms with Gasteiger partial charge in [0.2, 0.25) is 0 Å². The molecular weight excluding hydrogens is 200 g/mol. The number of hydrogen-bond acceptors (Lipinski definition) is 3. The normalized spacial score (nSPS) is 12.5. The van der Waals surface area contributed by atoms with Crippen LogP contribution in [0, 0.1) is 0 Å². The summed E-state index contributed by atoms with van der Waals surface area (Å²) in [6.07, 6.45) is 0.800. The van der Waals surface area contributed by atoms with E-state index in [1.165, 1.54) is 11.3 Å². The summed E-state index contributed by atoms with van der Waals surface area (Å²) in [5, 5.41) is 12.2. The van der Waals surface area contributed by atoms with Gasteiger partial charge in [-0.05, 0) is 31.5 Å². The standard InChI is InChI=1S/C13H22N2O/c1-11(14-9-6-10-16)12-7-4-5-8-13(12)15(2)3/h4-5,7-8,11,14,16H,6,9-10H2,1-3H3. The summed E-state index contributed by atoms with van der Waals surface area (Å²) in [7, 11) is 4.11. The largest absolute Gasteiger partial charge is 0.396 e. The van der Waals surface area contributed by atoms with E-state index >= 15 is 0 Å². The lowest BCUT2D eigenvalue weighted by molar-refractivity contribution is 0.284. The first-order valence-corrected chi connectivity index (χ1v) is 5.77. The quantitative estimate of drug-likeness (QED) is 0.720. The molecule has 0 aliphatic carbocycles. The van der Waals surface area contributed by atoms with Crippen LogP contribution in [-0.2, 0) is 0 Å². The number of para-hydroxylation sites is 1. The van der Waals surface area contributed by atoms with Crippen LogP contribution in [-0.4, -0.2) is 32.4 Å². The van der Waals surface area contributed by atoms with Crippen molar-refractivity contribution in [1.82, 2.24) is 5.32 Å². The molecule has 0 heterocycles. The maximum Gasteiger partial charge on any atom is 0.0443 e. The molecule has 3 heteroatoms. The van der Waals surface area contributed by atoms with Crippen molar-refractivity contribution in [2.45, 2.75) is 19.4 Å². The van der Waals surface area contributed by atoms with Crippen LogP contribution < -0.4 is 10.2 Å². The number of nitrogens with one attached hydrogen (secondary N) is 1. The van der Waals surface area contributed by atoms with Crippen molar-refractivity contribution >= 4 is 5.69 Å². The van der Waals surface area contributed by atoms with Gasteiger partial charge in [0.05, 0.1) is 0 Å². The maximum atomic E-state index is 8.74. The van der Waals surface area contributed by atoms with Crippen LogP contribution in [0.25, 0.3) is 0 Å². The van der Waals surface area contributed by atoms with E-state index in [9.17, 15) is 0 Å². The van der Waals surface area contributed by atoms with Gasteiger partial charge in [0.15, 0.2) is 0 Å². The van der Waals surface area contributed by atoms with Crippen LogP contribution in [0.4, 0.5) is 5.69 Å². The van der Waals surface area contributed by atoms with Crippen LogP contribution in [0.1, 0.15) is 24.9 Å². The number of anilines is 1. The van der Waals surface area contributed by atoms with Gasteiger partial charge in [-0.1, -0.05) is 18.2 Å². The molecule has 1 aromatic rings. The fourth-order valence-corrected chi connectivity index (χ4v) is 1.77. The zero-order valence-corrected chi connectivity index (χ0v) is 10.4. The van der Waals surface area contributed by atoms with Crippen LogP contribution in [0.2, 0.25) is 0 Å². The molecule has 0 aliphatic heterocycles. The van der Waals surface area contributed by atoms with Crippen molar-refractivity contribution in [2.75, 3.05) is 32.1 Å². The Morgan fingerprint density at radius 2 is 2.00 bits per heavy atom.